The maximum atomic E-state index is 13.8. The number of likely N-dealkylation sites (N-methyl/N-ethyl adjacent to an activating group) is 1. The Morgan fingerprint density at radius 1 is 0.941 bits per heavy atom. The van der Waals surface area contributed by atoms with Crippen LogP contribution in [0.2, 0.25) is 0 Å². The Balaban J connectivity index is 1.43. The Labute approximate surface area is 301 Å². The van der Waals surface area contributed by atoms with Gasteiger partial charge in [0, 0.05) is 74.6 Å². The Morgan fingerprint density at radius 3 is 2.25 bits per heavy atom. The number of aromatic nitrogens is 2. The molecule has 11 nitrogen and oxygen atoms in total. The third-order valence-electron chi connectivity index (χ3n) is 9.14. The minimum Gasteiger partial charge on any atom is -0.493 e. The molecule has 11 heteroatoms. The first-order valence-corrected chi connectivity index (χ1v) is 17.5. The number of anilines is 4. The highest BCUT2D eigenvalue weighted by atomic mass is 16.5. The normalized spacial score (nSPS) is 13.4. The summed E-state index contributed by atoms with van der Waals surface area (Å²) in [7, 11) is 1.54. The van der Waals surface area contributed by atoms with E-state index in [1.807, 2.05) is 64.1 Å². The SMILES string of the molecule is CCN(CC)C(=O)C=Cc1ccc(OC)c(Oc2nc(Nc3ccc(N4CCN(C(C)C)CC4)cc3)ncc2C(=O)Nc2c(C)cccc2C)c1. The maximum Gasteiger partial charge on any atom is 0.262 e. The van der Waals surface area contributed by atoms with Crippen molar-refractivity contribution in [1.29, 1.82) is 0 Å². The van der Waals surface area contributed by atoms with Crippen molar-refractivity contribution in [2.45, 2.75) is 47.6 Å². The first kappa shape index (κ1) is 36.9. The summed E-state index contributed by atoms with van der Waals surface area (Å²) in [6, 6.07) is 19.9. The Morgan fingerprint density at radius 2 is 1.63 bits per heavy atom. The number of para-hydroxylation sites is 1. The van der Waals surface area contributed by atoms with Crippen LogP contribution < -0.4 is 25.0 Å². The lowest BCUT2D eigenvalue weighted by atomic mass is 10.1. The first-order chi connectivity index (χ1) is 24.6. The van der Waals surface area contributed by atoms with Gasteiger partial charge in [-0.3, -0.25) is 14.5 Å². The van der Waals surface area contributed by atoms with Gasteiger partial charge in [-0.15, -0.1) is 0 Å². The first-order valence-electron chi connectivity index (χ1n) is 17.5. The number of hydrogen-bond acceptors (Lipinski definition) is 9. The van der Waals surface area contributed by atoms with Crippen LogP contribution in [0.1, 0.15) is 54.7 Å². The number of amides is 2. The molecule has 5 rings (SSSR count). The molecule has 1 aliphatic heterocycles. The van der Waals surface area contributed by atoms with E-state index in [4.69, 9.17) is 9.47 Å². The van der Waals surface area contributed by atoms with Gasteiger partial charge < -0.3 is 29.9 Å². The van der Waals surface area contributed by atoms with Crippen LogP contribution in [0.4, 0.5) is 23.0 Å². The molecule has 0 aliphatic carbocycles. The van der Waals surface area contributed by atoms with Crippen LogP contribution in [-0.2, 0) is 4.79 Å². The van der Waals surface area contributed by atoms with Gasteiger partial charge in [-0.25, -0.2) is 4.98 Å². The molecule has 2 amide bonds. The Hall–Kier alpha value is -5.42. The van der Waals surface area contributed by atoms with E-state index in [1.54, 1.807) is 23.1 Å². The summed E-state index contributed by atoms with van der Waals surface area (Å²) in [4.78, 5) is 42.2. The average Bonchev–Trinajstić information content (AvgIpc) is 3.13. The van der Waals surface area contributed by atoms with Crippen LogP contribution in [0.25, 0.3) is 6.08 Å². The van der Waals surface area contributed by atoms with Gasteiger partial charge in [0.1, 0.15) is 5.56 Å². The number of ether oxygens (including phenoxy) is 2. The summed E-state index contributed by atoms with van der Waals surface area (Å²) in [6.07, 6.45) is 4.71. The zero-order valence-corrected chi connectivity index (χ0v) is 30.7. The van der Waals surface area contributed by atoms with E-state index < -0.39 is 5.91 Å². The van der Waals surface area contributed by atoms with Gasteiger partial charge in [0.15, 0.2) is 11.5 Å². The van der Waals surface area contributed by atoms with E-state index in [9.17, 15) is 9.59 Å². The second-order valence-electron chi connectivity index (χ2n) is 12.8. The summed E-state index contributed by atoms with van der Waals surface area (Å²) in [6.45, 7) is 17.5. The topological polar surface area (TPSA) is 112 Å². The number of hydrogen-bond donors (Lipinski definition) is 2. The van der Waals surface area contributed by atoms with E-state index in [0.717, 1.165) is 48.7 Å². The van der Waals surface area contributed by atoms with E-state index in [1.165, 1.54) is 19.4 Å². The highest BCUT2D eigenvalue weighted by Gasteiger charge is 2.22. The molecule has 1 saturated heterocycles. The number of carbonyl (C=O) groups excluding carboxylic acids is 2. The summed E-state index contributed by atoms with van der Waals surface area (Å²) < 4.78 is 12.0. The quantitative estimate of drug-likeness (QED) is 0.140. The molecule has 0 bridgehead atoms. The number of benzene rings is 3. The van der Waals surface area contributed by atoms with Crippen molar-refractivity contribution >= 4 is 40.9 Å². The van der Waals surface area contributed by atoms with Crippen LogP contribution >= 0.6 is 0 Å². The van der Waals surface area contributed by atoms with Crippen LogP contribution in [0.5, 0.6) is 17.4 Å². The predicted molar refractivity (Wildman–Crippen MR) is 205 cm³/mol. The number of nitrogens with zero attached hydrogens (tertiary/aromatic N) is 5. The molecule has 4 aromatic rings. The summed E-state index contributed by atoms with van der Waals surface area (Å²) in [5.74, 6) is 0.540. The number of methoxy groups -OCH3 is 1. The number of nitrogens with one attached hydrogen (secondary N) is 2. The molecule has 1 fully saturated rings. The molecule has 51 heavy (non-hydrogen) atoms. The fourth-order valence-electron chi connectivity index (χ4n) is 6.02. The predicted octanol–water partition coefficient (Wildman–Crippen LogP) is 7.30. The molecule has 1 aliphatic rings. The monoisotopic (exact) mass is 691 g/mol. The number of aryl methyl sites for hydroxylation is 2. The lowest BCUT2D eigenvalue weighted by molar-refractivity contribution is -0.125. The van der Waals surface area contributed by atoms with Crippen molar-refractivity contribution < 1.29 is 19.1 Å². The van der Waals surface area contributed by atoms with E-state index in [0.29, 0.717) is 41.9 Å². The lowest BCUT2D eigenvalue weighted by Crippen LogP contribution is -2.48. The number of rotatable bonds is 13. The minimum atomic E-state index is -0.421. The minimum absolute atomic E-state index is 0.0366. The molecule has 0 spiro atoms. The zero-order chi connectivity index (χ0) is 36.5. The molecule has 268 valence electrons. The molecule has 3 aromatic carbocycles. The summed E-state index contributed by atoms with van der Waals surface area (Å²) >= 11 is 0. The second-order valence-corrected chi connectivity index (χ2v) is 12.8. The van der Waals surface area contributed by atoms with Gasteiger partial charge in [-0.1, -0.05) is 24.3 Å². The standard InChI is InChI=1S/C40H49N7O4/c1-8-45(9-2)36(48)20-14-30-13-19-34(50-7)35(25-30)51-39-33(38(49)43-37-28(5)11-10-12-29(37)6)26-41-40(44-39)42-31-15-17-32(18-16-31)47-23-21-46(22-24-47)27(3)4/h10-20,25-27H,8-9,21-24H2,1-7H3,(H,43,49)(H,41,42,44). The molecule has 0 saturated carbocycles. The van der Waals surface area contributed by atoms with Crippen molar-refractivity contribution in [3.05, 3.63) is 95.2 Å². The smallest absolute Gasteiger partial charge is 0.262 e. The van der Waals surface area contributed by atoms with Crippen LogP contribution in [0.3, 0.4) is 0 Å². The Kier molecular flexibility index (Phi) is 12.3. The van der Waals surface area contributed by atoms with Crippen molar-refractivity contribution in [2.75, 3.05) is 61.9 Å². The fraction of sp³-hybridized carbons (Fsp3) is 0.350. The van der Waals surface area contributed by atoms with Crippen LogP contribution in [0, 0.1) is 13.8 Å². The van der Waals surface area contributed by atoms with Crippen LogP contribution in [-0.4, -0.2) is 84.0 Å². The maximum absolute atomic E-state index is 13.8. The van der Waals surface area contributed by atoms with Crippen LogP contribution in [0.15, 0.2) is 72.9 Å². The molecule has 0 atom stereocenters. The molecular formula is C40H49N7O4. The van der Waals surface area contributed by atoms with E-state index in [2.05, 4.69) is 56.4 Å². The lowest BCUT2D eigenvalue weighted by Gasteiger charge is -2.38. The van der Waals surface area contributed by atoms with E-state index in [-0.39, 0.29) is 23.3 Å². The molecule has 0 radical (unpaired) electrons. The highest BCUT2D eigenvalue weighted by molar-refractivity contribution is 6.06. The summed E-state index contributed by atoms with van der Waals surface area (Å²) in [5.41, 5.74) is 5.37. The van der Waals surface area contributed by atoms with Crippen molar-refractivity contribution in [1.82, 2.24) is 19.8 Å². The van der Waals surface area contributed by atoms with Gasteiger partial charge in [0.05, 0.1) is 7.11 Å². The summed E-state index contributed by atoms with van der Waals surface area (Å²) in [5, 5.41) is 6.28. The fourth-order valence-corrected chi connectivity index (χ4v) is 6.02. The highest BCUT2D eigenvalue weighted by Crippen LogP contribution is 2.35. The van der Waals surface area contributed by atoms with Crippen molar-refractivity contribution in [3.63, 3.8) is 0 Å². The number of carbonyl (C=O) groups is 2. The average molecular weight is 692 g/mol. The van der Waals surface area contributed by atoms with Crippen molar-refractivity contribution in [3.8, 4) is 17.4 Å². The van der Waals surface area contributed by atoms with E-state index >= 15 is 0 Å². The van der Waals surface area contributed by atoms with Gasteiger partial charge in [0.2, 0.25) is 17.7 Å². The molecular weight excluding hydrogens is 642 g/mol. The molecule has 1 aromatic heterocycles. The molecule has 2 heterocycles. The molecule has 0 unspecified atom stereocenters. The largest absolute Gasteiger partial charge is 0.493 e. The van der Waals surface area contributed by atoms with Gasteiger partial charge in [-0.05, 0) is 101 Å². The van der Waals surface area contributed by atoms with Crippen molar-refractivity contribution in [2.24, 2.45) is 0 Å². The Bertz CT molecular complexity index is 1830. The molecule has 2 N–H and O–H groups in total. The third kappa shape index (κ3) is 9.23. The zero-order valence-electron chi connectivity index (χ0n) is 30.7. The van der Waals surface area contributed by atoms with Gasteiger partial charge >= 0.3 is 0 Å². The second kappa shape index (κ2) is 17.0. The number of piperazine rings is 1. The van der Waals surface area contributed by atoms with Gasteiger partial charge in [0.25, 0.3) is 5.91 Å². The van der Waals surface area contributed by atoms with Gasteiger partial charge in [-0.2, -0.15) is 4.98 Å². The third-order valence-corrected chi connectivity index (χ3v) is 9.14.